The van der Waals surface area contributed by atoms with Gasteiger partial charge in [-0.05, 0) is 6.07 Å². The summed E-state index contributed by atoms with van der Waals surface area (Å²) < 4.78 is 0. The van der Waals surface area contributed by atoms with Gasteiger partial charge in [0.25, 0.3) is 5.56 Å². The molecule has 0 bridgehead atoms. The molecule has 0 unspecified atom stereocenters. The van der Waals surface area contributed by atoms with Gasteiger partial charge in [-0.1, -0.05) is 0 Å². The molecule has 6 heteroatoms. The first kappa shape index (κ1) is 9.85. The minimum absolute atomic E-state index is 0.116. The molecule has 0 aliphatic rings. The molecule has 0 atom stereocenters. The Hall–Kier alpha value is -2.24. The number of hydrogen-bond acceptors (Lipinski definition) is 4. The lowest BCUT2D eigenvalue weighted by molar-refractivity contribution is 1.08. The maximum atomic E-state index is 10.2. The quantitative estimate of drug-likeness (QED) is 0.590. The maximum absolute atomic E-state index is 10.2. The van der Waals surface area contributed by atoms with E-state index < -0.39 is 0 Å². The highest BCUT2D eigenvalue weighted by molar-refractivity contribution is 4.76. The molecule has 0 amide bonds. The lowest BCUT2D eigenvalue weighted by Crippen LogP contribution is -2.05. The Bertz CT molecular complexity index is 396. The van der Waals surface area contributed by atoms with E-state index in [4.69, 9.17) is 0 Å². The zero-order valence-electron chi connectivity index (χ0n) is 7.18. The first-order valence-electron chi connectivity index (χ1n) is 3.77. The standard InChI is InChI=1S/2C4H4N2O/c7-4-1-2-5-3-6-4;7-4-5-2-1-3-6-4/h2*1-3H,(H,5,6,7). The van der Waals surface area contributed by atoms with Crippen LogP contribution in [0.25, 0.3) is 0 Å². The lowest BCUT2D eigenvalue weighted by atomic mass is 10.7. The van der Waals surface area contributed by atoms with Crippen molar-refractivity contribution in [2.75, 3.05) is 0 Å². The Morgan fingerprint density at radius 2 is 2.00 bits per heavy atom. The molecule has 0 aromatic carbocycles. The fraction of sp³-hybridized carbons (Fsp3) is 0. The van der Waals surface area contributed by atoms with Gasteiger partial charge >= 0.3 is 5.69 Å². The molecular formula is C8H8N4O2. The van der Waals surface area contributed by atoms with Crippen LogP contribution in [0.2, 0.25) is 0 Å². The normalized spacial score (nSPS) is 8.57. The first-order chi connectivity index (χ1) is 6.79. The molecule has 0 saturated carbocycles. The monoisotopic (exact) mass is 192 g/mol. The second-order valence-corrected chi connectivity index (χ2v) is 2.19. The van der Waals surface area contributed by atoms with E-state index in [2.05, 4.69) is 19.9 Å². The van der Waals surface area contributed by atoms with Crippen molar-refractivity contribution in [3.63, 3.8) is 0 Å². The van der Waals surface area contributed by atoms with Gasteiger partial charge in [-0.2, -0.15) is 0 Å². The molecule has 2 heterocycles. The maximum Gasteiger partial charge on any atom is 0.344 e. The molecule has 6 nitrogen and oxygen atoms in total. The number of hydrogen-bond donors (Lipinski definition) is 2. The topological polar surface area (TPSA) is 91.5 Å². The largest absolute Gasteiger partial charge is 0.344 e. The molecule has 72 valence electrons. The zero-order valence-corrected chi connectivity index (χ0v) is 7.18. The molecule has 0 aliphatic heterocycles. The van der Waals surface area contributed by atoms with Crippen LogP contribution >= 0.6 is 0 Å². The lowest BCUT2D eigenvalue weighted by Gasteiger charge is -1.73. The van der Waals surface area contributed by atoms with Gasteiger partial charge in [0.05, 0.1) is 6.33 Å². The Kier molecular flexibility index (Phi) is 3.81. The fourth-order valence-electron chi connectivity index (χ4n) is 0.613. The van der Waals surface area contributed by atoms with Gasteiger partial charge in [-0.15, -0.1) is 0 Å². The minimum Gasteiger partial charge on any atom is -0.313 e. The van der Waals surface area contributed by atoms with Crippen molar-refractivity contribution in [2.45, 2.75) is 0 Å². The van der Waals surface area contributed by atoms with Crippen molar-refractivity contribution < 1.29 is 0 Å². The summed E-state index contributed by atoms with van der Waals surface area (Å²) in [5.41, 5.74) is -0.419. The SMILES string of the molecule is O=c1ccnc[nH]1.O=c1nccc[nH]1. The molecule has 0 spiro atoms. The summed E-state index contributed by atoms with van der Waals surface area (Å²) in [7, 11) is 0. The molecule has 2 aromatic rings. The Morgan fingerprint density at radius 1 is 1.14 bits per heavy atom. The van der Waals surface area contributed by atoms with Crippen LogP contribution in [-0.2, 0) is 0 Å². The highest BCUT2D eigenvalue weighted by atomic mass is 16.1. The molecule has 0 saturated heterocycles. The van der Waals surface area contributed by atoms with Crippen molar-refractivity contribution >= 4 is 0 Å². The summed E-state index contributed by atoms with van der Waals surface area (Å²) in [6.45, 7) is 0. The van der Waals surface area contributed by atoms with Crippen LogP contribution in [0.5, 0.6) is 0 Å². The number of aromatic nitrogens is 4. The number of rotatable bonds is 0. The fourth-order valence-corrected chi connectivity index (χ4v) is 0.613. The van der Waals surface area contributed by atoms with Crippen molar-refractivity contribution in [2.24, 2.45) is 0 Å². The minimum atomic E-state index is -0.303. The third-order valence-corrected chi connectivity index (χ3v) is 1.17. The molecule has 2 rings (SSSR count). The van der Waals surface area contributed by atoms with E-state index in [1.165, 1.54) is 31.0 Å². The Labute approximate surface area is 78.7 Å². The second-order valence-electron chi connectivity index (χ2n) is 2.19. The van der Waals surface area contributed by atoms with Crippen LogP contribution in [0.3, 0.4) is 0 Å². The second kappa shape index (κ2) is 5.41. The van der Waals surface area contributed by atoms with Gasteiger partial charge in [-0.3, -0.25) is 4.79 Å². The van der Waals surface area contributed by atoms with Gasteiger partial charge in [0.1, 0.15) is 0 Å². The first-order valence-corrected chi connectivity index (χ1v) is 3.77. The van der Waals surface area contributed by atoms with Gasteiger partial charge in [0, 0.05) is 24.7 Å². The smallest absolute Gasteiger partial charge is 0.313 e. The van der Waals surface area contributed by atoms with Crippen molar-refractivity contribution in [3.05, 3.63) is 57.9 Å². The molecule has 2 N–H and O–H groups in total. The van der Waals surface area contributed by atoms with Gasteiger partial charge < -0.3 is 9.97 Å². The highest BCUT2D eigenvalue weighted by Crippen LogP contribution is 1.61. The summed E-state index contributed by atoms with van der Waals surface area (Å²) in [4.78, 5) is 32.0. The molecule has 0 radical (unpaired) electrons. The Morgan fingerprint density at radius 3 is 2.29 bits per heavy atom. The molecule has 2 aromatic heterocycles. The summed E-state index contributed by atoms with van der Waals surface area (Å²) in [5, 5.41) is 0. The van der Waals surface area contributed by atoms with Crippen LogP contribution in [-0.4, -0.2) is 19.9 Å². The van der Waals surface area contributed by atoms with E-state index in [9.17, 15) is 9.59 Å². The average molecular weight is 192 g/mol. The van der Waals surface area contributed by atoms with E-state index in [0.717, 1.165) is 0 Å². The van der Waals surface area contributed by atoms with Crippen molar-refractivity contribution in [1.29, 1.82) is 0 Å². The van der Waals surface area contributed by atoms with E-state index in [-0.39, 0.29) is 11.2 Å². The van der Waals surface area contributed by atoms with E-state index >= 15 is 0 Å². The highest BCUT2D eigenvalue weighted by Gasteiger charge is 1.71. The van der Waals surface area contributed by atoms with Crippen molar-refractivity contribution in [3.8, 4) is 0 Å². The van der Waals surface area contributed by atoms with Crippen LogP contribution in [0.1, 0.15) is 0 Å². The van der Waals surface area contributed by atoms with Crippen LogP contribution in [0.15, 0.2) is 46.6 Å². The predicted octanol–water partition coefficient (Wildman–Crippen LogP) is -0.460. The molecule has 14 heavy (non-hydrogen) atoms. The summed E-state index contributed by atoms with van der Waals surface area (Å²) in [6, 6.07) is 3.02. The average Bonchev–Trinajstić information content (AvgIpc) is 2.21. The Balaban J connectivity index is 0.000000140. The van der Waals surface area contributed by atoms with Gasteiger partial charge in [0.2, 0.25) is 0 Å². The summed E-state index contributed by atoms with van der Waals surface area (Å²) in [6.07, 6.45) is 5.77. The van der Waals surface area contributed by atoms with E-state index in [1.54, 1.807) is 6.07 Å². The van der Waals surface area contributed by atoms with E-state index in [1.807, 2.05) is 0 Å². The van der Waals surface area contributed by atoms with Crippen LogP contribution in [0.4, 0.5) is 0 Å². The van der Waals surface area contributed by atoms with Gasteiger partial charge in [0.15, 0.2) is 0 Å². The molecule has 0 fully saturated rings. The van der Waals surface area contributed by atoms with E-state index in [0.29, 0.717) is 0 Å². The predicted molar refractivity (Wildman–Crippen MR) is 49.7 cm³/mol. The molecule has 0 aliphatic carbocycles. The molecular weight excluding hydrogens is 184 g/mol. The number of H-pyrrole nitrogens is 2. The van der Waals surface area contributed by atoms with Gasteiger partial charge in [-0.25, -0.2) is 14.8 Å². The summed E-state index contributed by atoms with van der Waals surface area (Å²) in [5.74, 6) is 0. The summed E-state index contributed by atoms with van der Waals surface area (Å²) >= 11 is 0. The zero-order chi connectivity index (χ0) is 10.2. The van der Waals surface area contributed by atoms with Crippen LogP contribution in [0, 0.1) is 0 Å². The number of nitrogens with zero attached hydrogens (tertiary/aromatic N) is 2. The number of nitrogens with one attached hydrogen (secondary N) is 2. The number of aromatic amines is 2. The third kappa shape index (κ3) is 3.96. The van der Waals surface area contributed by atoms with Crippen LogP contribution < -0.4 is 11.2 Å². The van der Waals surface area contributed by atoms with Crippen molar-refractivity contribution in [1.82, 2.24) is 19.9 Å². The third-order valence-electron chi connectivity index (χ3n) is 1.17.